The summed E-state index contributed by atoms with van der Waals surface area (Å²) in [4.78, 5) is 23.7. The first-order valence-electron chi connectivity index (χ1n) is 23.2. The van der Waals surface area contributed by atoms with Crippen LogP contribution < -0.4 is 0 Å². The maximum absolute atomic E-state index is 10.0. The Hall–Kier alpha value is -6.07. The number of aliphatic hydroxyl groups excluding tert-OH is 1. The van der Waals surface area contributed by atoms with Gasteiger partial charge in [-0.25, -0.2) is 0 Å². The van der Waals surface area contributed by atoms with Gasteiger partial charge in [-0.2, -0.15) is 0 Å². The van der Waals surface area contributed by atoms with Gasteiger partial charge < -0.3 is 20.1 Å². The molecule has 5 nitrogen and oxygen atoms in total. The van der Waals surface area contributed by atoms with Crippen LogP contribution in [0.3, 0.4) is 0 Å². The van der Waals surface area contributed by atoms with Crippen LogP contribution in [0, 0.1) is 25.1 Å². The van der Waals surface area contributed by atoms with Crippen LogP contribution in [-0.2, 0) is 70.5 Å². The van der Waals surface area contributed by atoms with Crippen LogP contribution in [0.15, 0.2) is 212 Å². The van der Waals surface area contributed by atoms with Crippen LogP contribution in [0.25, 0.3) is 67.2 Å². The zero-order valence-corrected chi connectivity index (χ0v) is 49.1. The standard InChI is InChI=1S/C21H20N.C20H18N.C18H14N.C5H8O2.3Ir/c1-21(2,3)19-12-9-16(10-13-19)18-11-14-20(22-15-18)17-7-5-4-6-8-17;1-15(2)16-8-10-17(11-9-16)19-12-13-20(21-14-19)18-6-4-3-5-7-18;1-14-7-9-15(10-8-14)17-11-12-18(19-13-17)16-5-3-2-4-6-16;1-4(6)3-5(2)7;;;/h4-7,9-15H,1-3H3;3-6,8-15H,1-2H3;2-5,7-13H,1H3;3,6H,1-2H3;;;/q3*-1;;;;. The summed E-state index contributed by atoms with van der Waals surface area (Å²) < 4.78 is 0. The van der Waals surface area contributed by atoms with Gasteiger partial charge >= 0.3 is 0 Å². The summed E-state index contributed by atoms with van der Waals surface area (Å²) in [6.07, 6.45) is 6.95. The van der Waals surface area contributed by atoms with Crippen molar-refractivity contribution < 1.29 is 70.2 Å². The number of carbonyl (C=O) groups excluding carboxylic acids is 1. The smallest absolute Gasteiger partial charge is 0.155 e. The molecule has 0 bridgehead atoms. The van der Waals surface area contributed by atoms with Gasteiger partial charge in [0.2, 0.25) is 0 Å². The molecule has 0 aliphatic carbocycles. The maximum atomic E-state index is 10.0. The molecule has 6 aromatic carbocycles. The van der Waals surface area contributed by atoms with Gasteiger partial charge in [-0.1, -0.05) is 149 Å². The van der Waals surface area contributed by atoms with E-state index in [-0.39, 0.29) is 77.3 Å². The van der Waals surface area contributed by atoms with Crippen LogP contribution in [-0.4, -0.2) is 25.8 Å². The molecule has 72 heavy (non-hydrogen) atoms. The van der Waals surface area contributed by atoms with Crippen LogP contribution in [0.2, 0.25) is 0 Å². The van der Waals surface area contributed by atoms with Crippen molar-refractivity contribution in [3.63, 3.8) is 0 Å². The minimum absolute atomic E-state index is 0. The normalized spacial score (nSPS) is 10.5. The van der Waals surface area contributed by atoms with Gasteiger partial charge in [0.25, 0.3) is 0 Å². The van der Waals surface area contributed by atoms with Crippen molar-refractivity contribution in [1.82, 2.24) is 15.0 Å². The van der Waals surface area contributed by atoms with Gasteiger partial charge in [0.05, 0.1) is 5.76 Å². The van der Waals surface area contributed by atoms with E-state index in [0.717, 1.165) is 50.5 Å². The third kappa shape index (κ3) is 18.8. The van der Waals surface area contributed by atoms with Gasteiger partial charge in [-0.15, -0.1) is 108 Å². The fraction of sp³-hybridized carbons (Fsp3) is 0.156. The molecule has 0 atom stereocenters. The fourth-order valence-corrected chi connectivity index (χ4v) is 7.09. The Bertz CT molecular complexity index is 2970. The van der Waals surface area contributed by atoms with E-state index in [1.807, 2.05) is 97.5 Å². The largest absolute Gasteiger partial charge is 0.512 e. The Balaban J connectivity index is 0.000000263. The second kappa shape index (κ2) is 30.1. The summed E-state index contributed by atoms with van der Waals surface area (Å²) in [6.45, 7) is 16.1. The molecule has 3 radical (unpaired) electrons. The number of allylic oxidation sites excluding steroid dienone is 2. The van der Waals surface area contributed by atoms with E-state index in [9.17, 15) is 4.79 Å². The van der Waals surface area contributed by atoms with E-state index in [1.54, 1.807) is 0 Å². The van der Waals surface area contributed by atoms with Gasteiger partial charge in [-0.3, -0.25) is 4.79 Å². The topological polar surface area (TPSA) is 76.0 Å². The van der Waals surface area contributed by atoms with Crippen molar-refractivity contribution in [2.45, 2.75) is 66.7 Å². The Kier molecular flexibility index (Phi) is 25.2. The first-order chi connectivity index (χ1) is 33.2. The Labute approximate surface area is 468 Å². The third-order valence-electron chi connectivity index (χ3n) is 11.0. The number of nitrogens with zero attached hydrogens (tertiary/aromatic N) is 3. The summed E-state index contributed by atoms with van der Waals surface area (Å²) in [7, 11) is 0. The molecule has 0 aliphatic rings. The number of aliphatic hydroxyl groups is 1. The van der Waals surface area contributed by atoms with Crippen molar-refractivity contribution in [2.75, 3.05) is 0 Å². The molecule has 0 amide bonds. The van der Waals surface area contributed by atoms with E-state index in [4.69, 9.17) is 5.11 Å². The van der Waals surface area contributed by atoms with E-state index in [1.165, 1.54) is 53.3 Å². The number of rotatable bonds is 8. The summed E-state index contributed by atoms with van der Waals surface area (Å²) in [6, 6.07) is 71.8. The summed E-state index contributed by atoms with van der Waals surface area (Å²) in [5.41, 5.74) is 17.1. The second-order valence-corrected chi connectivity index (χ2v) is 18.0. The maximum Gasteiger partial charge on any atom is 0.155 e. The zero-order valence-electron chi connectivity index (χ0n) is 41.9. The molecule has 0 saturated carbocycles. The number of aryl methyl sites for hydroxylation is 1. The SMILES string of the molecule is CC(=O)C=C(C)O.CC(C)(C)c1ccc(-c2ccc(-c3[c-]cccc3)nc2)cc1.CC(C)c1ccc(-c2ccc(-c3[c-]cccc3)nc2)cc1.Cc1ccc(-c2ccc(-c3[c-]cccc3)nc2)cc1.[Ir].[Ir].[Ir]. The zero-order chi connectivity index (χ0) is 49.2. The number of hydrogen-bond acceptors (Lipinski definition) is 5. The average Bonchev–Trinajstić information content (AvgIpc) is 3.37. The van der Waals surface area contributed by atoms with Crippen LogP contribution in [0.4, 0.5) is 0 Å². The Morgan fingerprint density at radius 2 is 0.819 bits per heavy atom. The van der Waals surface area contributed by atoms with Gasteiger partial charge in [0.15, 0.2) is 5.78 Å². The van der Waals surface area contributed by atoms with E-state index < -0.39 is 0 Å². The van der Waals surface area contributed by atoms with Crippen molar-refractivity contribution in [2.24, 2.45) is 0 Å². The molecule has 0 fully saturated rings. The van der Waals surface area contributed by atoms with Gasteiger partial charge in [-0.05, 0) is 93.7 Å². The number of ketones is 1. The third-order valence-corrected chi connectivity index (χ3v) is 11.0. The molecule has 1 N–H and O–H groups in total. The molecule has 0 spiro atoms. The Morgan fingerprint density at radius 1 is 0.486 bits per heavy atom. The van der Waals surface area contributed by atoms with Gasteiger partial charge in [0, 0.05) is 85.0 Å². The monoisotopic (exact) mass is 1480 g/mol. The van der Waals surface area contributed by atoms with Crippen molar-refractivity contribution in [3.8, 4) is 67.2 Å². The quantitative estimate of drug-likeness (QED) is 0.0932. The van der Waals surface area contributed by atoms with E-state index in [2.05, 4.69) is 178 Å². The van der Waals surface area contributed by atoms with Crippen molar-refractivity contribution in [3.05, 3.63) is 247 Å². The molecule has 0 saturated heterocycles. The molecule has 0 unspecified atom stereocenters. The number of hydrogen-bond donors (Lipinski definition) is 1. The second-order valence-electron chi connectivity index (χ2n) is 18.0. The molecule has 9 aromatic rings. The molecule has 3 aromatic heterocycles. The first kappa shape index (κ1) is 60.2. The van der Waals surface area contributed by atoms with Crippen LogP contribution in [0.1, 0.15) is 71.1 Å². The van der Waals surface area contributed by atoms with E-state index in [0.29, 0.717) is 5.92 Å². The average molecular weight is 1480 g/mol. The summed E-state index contributed by atoms with van der Waals surface area (Å²) in [5.74, 6) is 0.501. The number of pyridine rings is 3. The minimum Gasteiger partial charge on any atom is -0.512 e. The number of aromatic nitrogens is 3. The first-order valence-corrected chi connectivity index (χ1v) is 23.2. The molecule has 3 heterocycles. The van der Waals surface area contributed by atoms with Crippen LogP contribution >= 0.6 is 0 Å². The van der Waals surface area contributed by atoms with Crippen molar-refractivity contribution >= 4 is 5.78 Å². The van der Waals surface area contributed by atoms with Crippen molar-refractivity contribution in [1.29, 1.82) is 0 Å². The summed E-state index contributed by atoms with van der Waals surface area (Å²) >= 11 is 0. The molecule has 373 valence electrons. The molecular formula is C64H60Ir3N3O2-3. The predicted molar refractivity (Wildman–Crippen MR) is 286 cm³/mol. The van der Waals surface area contributed by atoms with Crippen LogP contribution in [0.5, 0.6) is 0 Å². The fourth-order valence-electron chi connectivity index (χ4n) is 7.09. The molecule has 9 rings (SSSR count). The number of carbonyl (C=O) groups is 1. The molecule has 0 aliphatic heterocycles. The predicted octanol–water partition coefficient (Wildman–Crippen LogP) is 16.4. The van der Waals surface area contributed by atoms with Gasteiger partial charge in [0.1, 0.15) is 0 Å². The minimum atomic E-state index is -0.125. The van der Waals surface area contributed by atoms with E-state index >= 15 is 0 Å². The number of benzene rings is 6. The summed E-state index contributed by atoms with van der Waals surface area (Å²) in [5, 5.41) is 8.36. The molecular weight excluding hydrogens is 1420 g/mol. The molecule has 8 heteroatoms. The Morgan fingerprint density at radius 3 is 1.07 bits per heavy atom.